The van der Waals surface area contributed by atoms with Crippen LogP contribution >= 0.6 is 0 Å². The van der Waals surface area contributed by atoms with E-state index in [9.17, 15) is 8.42 Å². The van der Waals surface area contributed by atoms with Gasteiger partial charge in [0.05, 0.1) is 5.75 Å². The third kappa shape index (κ3) is 3.37. The summed E-state index contributed by atoms with van der Waals surface area (Å²) in [5, 5.41) is 3.29. The van der Waals surface area contributed by atoms with Gasteiger partial charge in [-0.2, -0.15) is 0 Å². The highest BCUT2D eigenvalue weighted by atomic mass is 32.2. The second kappa shape index (κ2) is 5.93. The van der Waals surface area contributed by atoms with Crippen LogP contribution in [-0.2, 0) is 10.0 Å². The van der Waals surface area contributed by atoms with Gasteiger partial charge in [-0.1, -0.05) is 6.42 Å². The van der Waals surface area contributed by atoms with Crippen molar-refractivity contribution in [3.05, 3.63) is 0 Å². The third-order valence-electron chi connectivity index (χ3n) is 5.71. The largest absolute Gasteiger partial charge is 0.317 e. The first-order valence-corrected chi connectivity index (χ1v) is 9.89. The quantitative estimate of drug-likeness (QED) is 0.813. The van der Waals surface area contributed by atoms with Crippen molar-refractivity contribution < 1.29 is 8.42 Å². The van der Waals surface area contributed by atoms with Crippen LogP contribution in [0.4, 0.5) is 0 Å². The molecule has 4 atom stereocenters. The van der Waals surface area contributed by atoms with Crippen LogP contribution in [0, 0.1) is 23.7 Å². The molecule has 1 heterocycles. The molecule has 2 aliphatic carbocycles. The van der Waals surface area contributed by atoms with Crippen molar-refractivity contribution in [1.29, 1.82) is 0 Å². The highest BCUT2D eigenvalue weighted by Gasteiger charge is 2.42. The molecule has 1 saturated heterocycles. The Hall–Kier alpha value is -0.130. The van der Waals surface area contributed by atoms with E-state index in [4.69, 9.17) is 0 Å². The number of fused-ring (bicyclic) bond motifs is 2. The average Bonchev–Trinajstić information content (AvgIpc) is 3.01. The molecule has 0 aromatic heterocycles. The third-order valence-corrected chi connectivity index (χ3v) is 7.36. The SMILES string of the molecule is CC(NS(=O)(=O)CC1CCNCC1)C1CC2CCC1C2. The molecule has 0 aromatic rings. The molecular formula is C15H28N2O2S. The number of hydrogen-bond donors (Lipinski definition) is 2. The lowest BCUT2D eigenvalue weighted by atomic mass is 9.84. The van der Waals surface area contributed by atoms with Crippen LogP contribution in [0.2, 0.25) is 0 Å². The van der Waals surface area contributed by atoms with E-state index >= 15 is 0 Å². The number of sulfonamides is 1. The summed E-state index contributed by atoms with van der Waals surface area (Å²) in [4.78, 5) is 0. The normalized spacial score (nSPS) is 36.4. The van der Waals surface area contributed by atoms with Crippen molar-refractivity contribution >= 4 is 10.0 Å². The molecule has 1 aliphatic heterocycles. The summed E-state index contributed by atoms with van der Waals surface area (Å²) >= 11 is 0. The molecule has 20 heavy (non-hydrogen) atoms. The molecule has 4 nitrogen and oxygen atoms in total. The predicted octanol–water partition coefficient (Wildman–Crippen LogP) is 1.73. The monoisotopic (exact) mass is 300 g/mol. The minimum Gasteiger partial charge on any atom is -0.317 e. The van der Waals surface area contributed by atoms with E-state index in [2.05, 4.69) is 17.0 Å². The van der Waals surface area contributed by atoms with Gasteiger partial charge in [-0.15, -0.1) is 0 Å². The maximum absolute atomic E-state index is 12.3. The van der Waals surface area contributed by atoms with Crippen LogP contribution in [0.1, 0.15) is 45.4 Å². The second-order valence-corrected chi connectivity index (χ2v) is 9.02. The highest BCUT2D eigenvalue weighted by Crippen LogP contribution is 2.49. The zero-order valence-corrected chi connectivity index (χ0v) is 13.3. The van der Waals surface area contributed by atoms with Crippen molar-refractivity contribution in [2.45, 2.75) is 51.5 Å². The number of rotatable bonds is 5. The van der Waals surface area contributed by atoms with Crippen LogP contribution in [0.3, 0.4) is 0 Å². The van der Waals surface area contributed by atoms with Crippen LogP contribution in [0.25, 0.3) is 0 Å². The van der Waals surface area contributed by atoms with E-state index in [1.807, 2.05) is 0 Å². The van der Waals surface area contributed by atoms with Crippen LogP contribution < -0.4 is 10.0 Å². The van der Waals surface area contributed by atoms with Gasteiger partial charge in [-0.25, -0.2) is 13.1 Å². The van der Waals surface area contributed by atoms with Crippen molar-refractivity contribution in [2.75, 3.05) is 18.8 Å². The summed E-state index contributed by atoms with van der Waals surface area (Å²) in [7, 11) is -3.11. The summed E-state index contributed by atoms with van der Waals surface area (Å²) in [5.74, 6) is 2.88. The number of hydrogen-bond acceptors (Lipinski definition) is 3. The first-order chi connectivity index (χ1) is 9.53. The van der Waals surface area contributed by atoms with E-state index in [1.54, 1.807) is 0 Å². The fourth-order valence-corrected chi connectivity index (χ4v) is 6.48. The second-order valence-electron chi connectivity index (χ2n) is 7.22. The van der Waals surface area contributed by atoms with Crippen molar-refractivity contribution in [3.8, 4) is 0 Å². The topological polar surface area (TPSA) is 58.2 Å². The minimum absolute atomic E-state index is 0.122. The molecule has 0 radical (unpaired) electrons. The molecular weight excluding hydrogens is 272 g/mol. The van der Waals surface area contributed by atoms with Gasteiger partial charge in [0.1, 0.15) is 0 Å². The Bertz CT molecular complexity index is 431. The van der Waals surface area contributed by atoms with Gasteiger partial charge in [-0.05, 0) is 75.8 Å². The van der Waals surface area contributed by atoms with Crippen LogP contribution in [0.15, 0.2) is 0 Å². The lowest BCUT2D eigenvalue weighted by Gasteiger charge is -2.29. The summed E-state index contributed by atoms with van der Waals surface area (Å²) < 4.78 is 27.7. The average molecular weight is 300 g/mol. The van der Waals surface area contributed by atoms with E-state index in [0.717, 1.165) is 37.8 Å². The van der Waals surface area contributed by atoms with Crippen molar-refractivity contribution in [2.24, 2.45) is 23.7 Å². The van der Waals surface area contributed by atoms with Gasteiger partial charge in [0.2, 0.25) is 10.0 Å². The lowest BCUT2D eigenvalue weighted by molar-refractivity contribution is 0.279. The Morgan fingerprint density at radius 2 is 1.90 bits per heavy atom. The Morgan fingerprint density at radius 1 is 1.15 bits per heavy atom. The molecule has 116 valence electrons. The maximum Gasteiger partial charge on any atom is 0.212 e. The zero-order valence-electron chi connectivity index (χ0n) is 12.5. The summed E-state index contributed by atoms with van der Waals surface area (Å²) in [5.41, 5.74) is 0. The van der Waals surface area contributed by atoms with E-state index in [0.29, 0.717) is 17.6 Å². The molecule has 3 fully saturated rings. The van der Waals surface area contributed by atoms with Gasteiger partial charge in [-0.3, -0.25) is 0 Å². The first-order valence-electron chi connectivity index (χ1n) is 8.24. The highest BCUT2D eigenvalue weighted by molar-refractivity contribution is 7.89. The Balaban J connectivity index is 1.53. The molecule has 0 spiro atoms. The zero-order chi connectivity index (χ0) is 14.2. The van der Waals surface area contributed by atoms with Gasteiger partial charge >= 0.3 is 0 Å². The Morgan fingerprint density at radius 3 is 2.50 bits per heavy atom. The van der Waals surface area contributed by atoms with Crippen molar-refractivity contribution in [3.63, 3.8) is 0 Å². The molecule has 5 heteroatoms. The molecule has 3 rings (SSSR count). The molecule has 2 N–H and O–H groups in total. The molecule has 4 unspecified atom stereocenters. The summed E-state index contributed by atoms with van der Waals surface area (Å²) in [6.07, 6.45) is 7.24. The van der Waals surface area contributed by atoms with E-state index < -0.39 is 10.0 Å². The fourth-order valence-electron chi connectivity index (χ4n) is 4.68. The lowest BCUT2D eigenvalue weighted by Crippen LogP contribution is -2.43. The summed E-state index contributed by atoms with van der Waals surface area (Å²) in [6.45, 7) is 4.00. The molecule has 0 amide bonds. The number of nitrogens with one attached hydrogen (secondary N) is 2. The van der Waals surface area contributed by atoms with Gasteiger partial charge < -0.3 is 5.32 Å². The minimum atomic E-state index is -3.11. The molecule has 2 bridgehead atoms. The molecule has 3 aliphatic rings. The van der Waals surface area contributed by atoms with Gasteiger partial charge in [0, 0.05) is 6.04 Å². The predicted molar refractivity (Wildman–Crippen MR) is 80.9 cm³/mol. The molecule has 0 aromatic carbocycles. The summed E-state index contributed by atoms with van der Waals surface area (Å²) in [6, 6.07) is 0.122. The number of piperidine rings is 1. The van der Waals surface area contributed by atoms with E-state index in [1.165, 1.54) is 25.7 Å². The van der Waals surface area contributed by atoms with E-state index in [-0.39, 0.29) is 6.04 Å². The first kappa shape index (κ1) is 14.8. The maximum atomic E-state index is 12.3. The Labute approximate surface area is 123 Å². The van der Waals surface area contributed by atoms with Crippen LogP contribution in [0.5, 0.6) is 0 Å². The fraction of sp³-hybridized carbons (Fsp3) is 1.00. The Kier molecular flexibility index (Phi) is 4.39. The van der Waals surface area contributed by atoms with Crippen LogP contribution in [-0.4, -0.2) is 33.3 Å². The van der Waals surface area contributed by atoms with Crippen molar-refractivity contribution in [1.82, 2.24) is 10.0 Å². The smallest absolute Gasteiger partial charge is 0.212 e. The van der Waals surface area contributed by atoms with Gasteiger partial charge in [0.15, 0.2) is 0 Å². The molecule has 2 saturated carbocycles. The standard InChI is InChI=1S/C15H28N2O2S/c1-11(15-9-13-2-3-14(15)8-13)17-20(18,19)10-12-4-6-16-7-5-12/h11-17H,2-10H2,1H3. The van der Waals surface area contributed by atoms with Gasteiger partial charge in [0.25, 0.3) is 0 Å².